The van der Waals surface area contributed by atoms with Gasteiger partial charge in [0.2, 0.25) is 11.7 Å². The van der Waals surface area contributed by atoms with Gasteiger partial charge >= 0.3 is 6.09 Å². The molecule has 0 fully saturated rings. The quantitative estimate of drug-likeness (QED) is 0.586. The van der Waals surface area contributed by atoms with Crippen LogP contribution in [0.1, 0.15) is 43.7 Å². The van der Waals surface area contributed by atoms with Crippen LogP contribution in [0.3, 0.4) is 0 Å². The molecule has 10 nitrogen and oxygen atoms in total. The van der Waals surface area contributed by atoms with Gasteiger partial charge in [-0.05, 0) is 45.4 Å². The maximum Gasteiger partial charge on any atom is 0.417 e. The Hall–Kier alpha value is -3.47. The average molecular weight is 450 g/mol. The van der Waals surface area contributed by atoms with Crippen LogP contribution in [-0.4, -0.2) is 57.5 Å². The lowest BCUT2D eigenvalue weighted by molar-refractivity contribution is 0.0542. The van der Waals surface area contributed by atoms with Crippen LogP contribution in [-0.2, 0) is 16.0 Å². The van der Waals surface area contributed by atoms with Gasteiger partial charge in [-0.25, -0.2) is 19.1 Å². The van der Waals surface area contributed by atoms with Gasteiger partial charge in [0.1, 0.15) is 11.4 Å². The Labute approximate surface area is 185 Å². The highest BCUT2D eigenvalue weighted by atomic mass is 19.1. The van der Waals surface area contributed by atoms with Crippen molar-refractivity contribution in [1.29, 1.82) is 0 Å². The predicted octanol–water partition coefficient (Wildman–Crippen LogP) is 2.73. The molecule has 0 aliphatic carbocycles. The molecule has 1 aromatic heterocycles. The Morgan fingerprint density at radius 1 is 1.19 bits per heavy atom. The van der Waals surface area contributed by atoms with Gasteiger partial charge in [-0.3, -0.25) is 4.79 Å². The smallest absolute Gasteiger partial charge is 0.417 e. The number of aromatic hydroxyl groups is 2. The molecule has 0 saturated heterocycles. The lowest BCUT2D eigenvalue weighted by atomic mass is 10.2. The Morgan fingerprint density at radius 3 is 2.38 bits per heavy atom. The van der Waals surface area contributed by atoms with Crippen molar-refractivity contribution in [3.05, 3.63) is 41.3 Å². The van der Waals surface area contributed by atoms with Crippen molar-refractivity contribution in [3.8, 4) is 11.6 Å². The minimum atomic E-state index is -0.889. The summed E-state index contributed by atoms with van der Waals surface area (Å²) in [5.74, 6) is -3.36. The first-order valence-corrected chi connectivity index (χ1v) is 9.76. The normalized spacial score (nSPS) is 12.2. The maximum atomic E-state index is 13.0. The number of nitrogens with zero attached hydrogens (tertiary/aromatic N) is 3. The van der Waals surface area contributed by atoms with Crippen LogP contribution in [0.15, 0.2) is 24.3 Å². The molecular weight excluding hydrogens is 423 g/mol. The topological polar surface area (TPSA) is 134 Å². The van der Waals surface area contributed by atoms with Crippen molar-refractivity contribution < 1.29 is 33.7 Å². The van der Waals surface area contributed by atoms with E-state index in [-0.39, 0.29) is 19.1 Å². The van der Waals surface area contributed by atoms with Crippen LogP contribution in [0, 0.1) is 5.82 Å². The summed E-state index contributed by atoms with van der Waals surface area (Å²) in [7, 11) is 1.44. The third-order valence-electron chi connectivity index (χ3n) is 4.09. The number of carbonyl (C=O) groups excluding carboxylic acids is 2. The van der Waals surface area contributed by atoms with Crippen LogP contribution in [0.5, 0.6) is 11.6 Å². The fraction of sp³-hybridized carbons (Fsp3) is 0.429. The van der Waals surface area contributed by atoms with Gasteiger partial charge in [-0.1, -0.05) is 12.1 Å². The summed E-state index contributed by atoms with van der Waals surface area (Å²) in [4.78, 5) is 34.2. The van der Waals surface area contributed by atoms with E-state index in [1.807, 2.05) is 0 Å². The lowest BCUT2D eigenvalue weighted by Gasteiger charge is -2.30. The van der Waals surface area contributed by atoms with E-state index in [9.17, 15) is 24.2 Å². The van der Waals surface area contributed by atoms with Gasteiger partial charge in [-0.2, -0.15) is 4.98 Å². The second kappa shape index (κ2) is 10.2. The molecule has 0 aliphatic heterocycles. The summed E-state index contributed by atoms with van der Waals surface area (Å²) in [5.41, 5.74) is -0.786. The predicted molar refractivity (Wildman–Crippen MR) is 113 cm³/mol. The molecule has 0 radical (unpaired) electrons. The summed E-state index contributed by atoms with van der Waals surface area (Å²) in [6.45, 7) is 6.74. The maximum absolute atomic E-state index is 13.0. The monoisotopic (exact) mass is 450 g/mol. The first kappa shape index (κ1) is 24.8. The molecule has 0 spiro atoms. The van der Waals surface area contributed by atoms with Crippen molar-refractivity contribution >= 4 is 17.9 Å². The third kappa shape index (κ3) is 6.51. The fourth-order valence-corrected chi connectivity index (χ4v) is 2.65. The summed E-state index contributed by atoms with van der Waals surface area (Å²) in [5, 5.41) is 22.7. The summed E-state index contributed by atoms with van der Waals surface area (Å²) < 4.78 is 23.5. The van der Waals surface area contributed by atoms with E-state index in [1.54, 1.807) is 27.7 Å². The highest BCUT2D eigenvalue weighted by molar-refractivity contribution is 5.96. The summed E-state index contributed by atoms with van der Waals surface area (Å²) in [6, 6.07) is 4.81. The van der Waals surface area contributed by atoms with Crippen LogP contribution < -0.4 is 10.2 Å². The van der Waals surface area contributed by atoms with Gasteiger partial charge in [-0.15, -0.1) is 0 Å². The van der Waals surface area contributed by atoms with Gasteiger partial charge in [0.15, 0.2) is 5.69 Å². The van der Waals surface area contributed by atoms with Crippen LogP contribution in [0.4, 0.5) is 15.1 Å². The number of methoxy groups -OCH3 is 1. The molecule has 2 aromatic rings. The summed E-state index contributed by atoms with van der Waals surface area (Å²) in [6.07, 6.45) is -0.829. The van der Waals surface area contributed by atoms with Gasteiger partial charge in [0.25, 0.3) is 11.8 Å². The molecule has 0 saturated carbocycles. The first-order valence-electron chi connectivity index (χ1n) is 9.76. The lowest BCUT2D eigenvalue weighted by Crippen LogP contribution is -2.45. The Kier molecular flexibility index (Phi) is 7.92. The number of aromatic nitrogens is 2. The van der Waals surface area contributed by atoms with Crippen molar-refractivity contribution in [2.45, 2.75) is 45.9 Å². The molecule has 2 amide bonds. The molecule has 0 aliphatic rings. The van der Waals surface area contributed by atoms with E-state index >= 15 is 0 Å². The Bertz CT molecular complexity index is 962. The van der Waals surface area contributed by atoms with E-state index in [0.717, 1.165) is 4.90 Å². The minimum absolute atomic E-state index is 0.00844. The molecule has 1 unspecified atom stereocenters. The van der Waals surface area contributed by atoms with Crippen molar-refractivity contribution in [3.63, 3.8) is 0 Å². The molecule has 3 N–H and O–H groups in total. The van der Waals surface area contributed by atoms with Crippen LogP contribution in [0.25, 0.3) is 0 Å². The summed E-state index contributed by atoms with van der Waals surface area (Å²) >= 11 is 0. The zero-order valence-corrected chi connectivity index (χ0v) is 18.5. The minimum Gasteiger partial charge on any atom is -0.501 e. The zero-order chi connectivity index (χ0) is 24.1. The fourth-order valence-electron chi connectivity index (χ4n) is 2.65. The molecule has 1 aromatic carbocycles. The molecule has 2 rings (SSSR count). The number of hydrogen-bond donors (Lipinski definition) is 3. The second-order valence-electron chi connectivity index (χ2n) is 8.01. The number of rotatable bonds is 7. The number of ether oxygens (including phenoxy) is 2. The second-order valence-corrected chi connectivity index (χ2v) is 8.01. The molecule has 0 bridgehead atoms. The van der Waals surface area contributed by atoms with E-state index in [0.29, 0.717) is 5.56 Å². The number of halogens is 1. The van der Waals surface area contributed by atoms with E-state index in [1.165, 1.54) is 31.4 Å². The van der Waals surface area contributed by atoms with E-state index < -0.39 is 46.8 Å². The third-order valence-corrected chi connectivity index (χ3v) is 4.09. The highest BCUT2D eigenvalue weighted by Gasteiger charge is 2.32. The van der Waals surface area contributed by atoms with Gasteiger partial charge in [0, 0.05) is 13.7 Å². The molecule has 174 valence electrons. The highest BCUT2D eigenvalue weighted by Crippen LogP contribution is 2.29. The van der Waals surface area contributed by atoms with Gasteiger partial charge < -0.3 is 25.0 Å². The first-order chi connectivity index (χ1) is 14.9. The number of carbonyl (C=O) groups is 2. The van der Waals surface area contributed by atoms with Crippen molar-refractivity contribution in [2.75, 3.05) is 18.6 Å². The largest absolute Gasteiger partial charge is 0.501 e. The SMILES string of the molecule is COCC(C)N(C(=O)OC(C)(C)C)c1nc(O)c(O)c(C(=O)NCc2ccc(F)cc2)n1. The van der Waals surface area contributed by atoms with E-state index in [4.69, 9.17) is 9.47 Å². The standard InChI is InChI=1S/C21H27FN4O6/c1-12(11-31-5)26(20(30)32-21(2,3)4)19-24-15(16(27)18(29)25-19)17(28)23-10-13-6-8-14(22)9-7-13/h6-9,12,27H,10-11H2,1-5H3,(H,23,28)(H,24,25,29). The molecule has 1 heterocycles. The van der Waals surface area contributed by atoms with Crippen LogP contribution >= 0.6 is 0 Å². The number of benzene rings is 1. The number of hydrogen-bond acceptors (Lipinski definition) is 8. The molecule has 1 atom stereocenters. The van der Waals surface area contributed by atoms with Crippen LogP contribution in [0.2, 0.25) is 0 Å². The van der Waals surface area contributed by atoms with Crippen molar-refractivity contribution in [2.24, 2.45) is 0 Å². The Balaban J connectivity index is 2.36. The number of amides is 2. The van der Waals surface area contributed by atoms with E-state index in [2.05, 4.69) is 15.3 Å². The number of anilines is 1. The molecule has 11 heteroatoms. The van der Waals surface area contributed by atoms with Gasteiger partial charge in [0.05, 0.1) is 12.6 Å². The Morgan fingerprint density at radius 2 is 1.81 bits per heavy atom. The molecule has 32 heavy (non-hydrogen) atoms. The molecular formula is C21H27FN4O6. The zero-order valence-electron chi connectivity index (χ0n) is 18.5. The van der Waals surface area contributed by atoms with Crippen molar-refractivity contribution in [1.82, 2.24) is 15.3 Å². The average Bonchev–Trinajstić information content (AvgIpc) is 2.68. The number of nitrogens with one attached hydrogen (secondary N) is 1.